The molecular weight excluding hydrogens is 522 g/mol. The molecule has 0 saturated carbocycles. The van der Waals surface area contributed by atoms with Crippen LogP contribution in [0.4, 0.5) is 17.1 Å². The van der Waals surface area contributed by atoms with Crippen molar-refractivity contribution in [3.05, 3.63) is 110 Å². The fraction of sp³-hybridized carbons (Fsp3) is 0.111. The zero-order valence-corrected chi connectivity index (χ0v) is 21.3. The van der Waals surface area contributed by atoms with Gasteiger partial charge in [-0.1, -0.05) is 19.9 Å². The molecule has 0 aromatic heterocycles. The molecule has 0 aliphatic rings. The lowest BCUT2D eigenvalue weighted by molar-refractivity contribution is -0.385. The number of nitrogens with zero attached hydrogens (tertiary/aromatic N) is 3. The third-order valence-electron chi connectivity index (χ3n) is 5.25. The van der Waals surface area contributed by atoms with Crippen LogP contribution in [0.3, 0.4) is 0 Å². The van der Waals surface area contributed by atoms with Gasteiger partial charge < -0.3 is 10.1 Å². The number of anilines is 1. The van der Waals surface area contributed by atoms with E-state index < -0.39 is 33.2 Å². The summed E-state index contributed by atoms with van der Waals surface area (Å²) in [7, 11) is 0. The van der Waals surface area contributed by atoms with Gasteiger partial charge in [-0.3, -0.25) is 29.8 Å². The van der Waals surface area contributed by atoms with E-state index in [0.29, 0.717) is 11.3 Å². The second-order valence-electron chi connectivity index (χ2n) is 8.48. The molecule has 0 aliphatic heterocycles. The van der Waals surface area contributed by atoms with E-state index in [4.69, 9.17) is 4.74 Å². The summed E-state index contributed by atoms with van der Waals surface area (Å²) in [4.78, 5) is 57.6. The van der Waals surface area contributed by atoms with E-state index in [0.717, 1.165) is 18.4 Å². The predicted molar refractivity (Wildman–Crippen MR) is 146 cm³/mol. The van der Waals surface area contributed by atoms with Crippen molar-refractivity contribution in [2.24, 2.45) is 11.0 Å². The third kappa shape index (κ3) is 7.89. The summed E-state index contributed by atoms with van der Waals surface area (Å²) >= 11 is 0. The van der Waals surface area contributed by atoms with Gasteiger partial charge in [0.05, 0.1) is 16.1 Å². The Labute approximate surface area is 227 Å². The number of hydrazone groups is 1. The lowest BCUT2D eigenvalue weighted by Gasteiger charge is -2.08. The maximum absolute atomic E-state index is 12.4. The molecule has 3 aromatic carbocycles. The van der Waals surface area contributed by atoms with Crippen LogP contribution in [0.25, 0.3) is 6.08 Å². The molecule has 13 heteroatoms. The van der Waals surface area contributed by atoms with Gasteiger partial charge in [-0.15, -0.1) is 0 Å². The first-order valence-electron chi connectivity index (χ1n) is 11.7. The largest absolute Gasteiger partial charge is 0.415 e. The van der Waals surface area contributed by atoms with E-state index in [1.54, 1.807) is 26.0 Å². The highest BCUT2D eigenvalue weighted by molar-refractivity contribution is 5.97. The van der Waals surface area contributed by atoms with Gasteiger partial charge in [-0.25, -0.2) is 10.2 Å². The van der Waals surface area contributed by atoms with E-state index in [1.807, 2.05) is 0 Å². The van der Waals surface area contributed by atoms with Gasteiger partial charge in [0, 0.05) is 47.0 Å². The summed E-state index contributed by atoms with van der Waals surface area (Å²) in [6, 6.07) is 15.3. The minimum atomic E-state index is -0.948. The van der Waals surface area contributed by atoms with Gasteiger partial charge in [0.15, 0.2) is 0 Å². The molecule has 0 spiro atoms. The molecule has 0 atom stereocenters. The van der Waals surface area contributed by atoms with Gasteiger partial charge in [0.1, 0.15) is 0 Å². The molecule has 0 saturated heterocycles. The average Bonchev–Trinajstić information content (AvgIpc) is 2.93. The smallest absolute Gasteiger partial charge is 0.336 e. The monoisotopic (exact) mass is 545 g/mol. The van der Waals surface area contributed by atoms with Crippen molar-refractivity contribution in [1.82, 2.24) is 5.43 Å². The second-order valence-corrected chi connectivity index (χ2v) is 8.48. The second kappa shape index (κ2) is 13.2. The fourth-order valence-corrected chi connectivity index (χ4v) is 3.12. The summed E-state index contributed by atoms with van der Waals surface area (Å²) < 4.78 is 5.21. The number of amides is 2. The number of nitro groups is 2. The van der Waals surface area contributed by atoms with E-state index in [9.17, 15) is 34.6 Å². The van der Waals surface area contributed by atoms with Gasteiger partial charge in [0.25, 0.3) is 11.6 Å². The Bertz CT molecular complexity index is 1500. The third-order valence-corrected chi connectivity index (χ3v) is 5.25. The molecule has 204 valence electrons. The molecule has 13 nitrogen and oxygen atoms in total. The van der Waals surface area contributed by atoms with Crippen molar-refractivity contribution < 1.29 is 29.0 Å². The van der Waals surface area contributed by atoms with Crippen molar-refractivity contribution in [2.45, 2.75) is 13.8 Å². The minimum Gasteiger partial charge on any atom is -0.415 e. The number of hydrogen-bond acceptors (Lipinski definition) is 9. The number of esters is 1. The number of nitrogens with one attached hydrogen (secondary N) is 2. The Kier molecular flexibility index (Phi) is 9.51. The van der Waals surface area contributed by atoms with Crippen LogP contribution in [0, 0.1) is 26.1 Å². The van der Waals surface area contributed by atoms with Crippen LogP contribution in [0.5, 0.6) is 5.75 Å². The zero-order chi connectivity index (χ0) is 29.2. The lowest BCUT2D eigenvalue weighted by Crippen LogP contribution is -2.19. The Morgan fingerprint density at radius 2 is 1.60 bits per heavy atom. The predicted octanol–water partition coefficient (Wildman–Crippen LogP) is 4.48. The molecule has 0 bridgehead atoms. The maximum atomic E-state index is 12.4. The summed E-state index contributed by atoms with van der Waals surface area (Å²) in [6.07, 6.45) is 3.42. The molecular formula is C27H23N5O8. The number of carbonyl (C=O) groups is 3. The van der Waals surface area contributed by atoms with Gasteiger partial charge >= 0.3 is 11.7 Å². The molecule has 0 heterocycles. The molecule has 2 N–H and O–H groups in total. The fourth-order valence-electron chi connectivity index (χ4n) is 3.12. The SMILES string of the molecule is CC(C)C(=O)Nc1ccc(C(=O)N/N=C/c2cccc([N+](=O)[O-])c2OC(=O)/C=C/c2ccc([N+](=O)[O-])cc2)cc1. The van der Waals surface area contributed by atoms with Gasteiger partial charge in [0.2, 0.25) is 11.7 Å². The number of nitro benzene ring substituents is 2. The zero-order valence-electron chi connectivity index (χ0n) is 21.3. The molecule has 3 aromatic rings. The first-order chi connectivity index (χ1) is 19.0. The Balaban J connectivity index is 1.71. The standard InChI is InChI=1S/C27H23N5O8/c1-17(2)26(34)29-21-11-9-19(10-12-21)27(35)30-28-16-20-4-3-5-23(32(38)39)25(20)40-24(33)15-8-18-6-13-22(14-7-18)31(36)37/h3-17H,1-2H3,(H,29,34)(H,30,35)/b15-8+,28-16+. The summed E-state index contributed by atoms with van der Waals surface area (Å²) in [6.45, 7) is 3.50. The number of ether oxygens (including phenoxy) is 1. The number of carbonyl (C=O) groups excluding carboxylic acids is 3. The van der Waals surface area contributed by atoms with E-state index in [2.05, 4.69) is 15.8 Å². The Hall–Kier alpha value is -5.72. The van der Waals surface area contributed by atoms with Crippen LogP contribution >= 0.6 is 0 Å². The summed E-state index contributed by atoms with van der Waals surface area (Å²) in [5.41, 5.74) is 2.91. The van der Waals surface area contributed by atoms with E-state index in [-0.39, 0.29) is 28.6 Å². The quantitative estimate of drug-likeness (QED) is 0.0933. The van der Waals surface area contributed by atoms with Gasteiger partial charge in [-0.05, 0) is 54.1 Å². The van der Waals surface area contributed by atoms with Crippen LogP contribution < -0.4 is 15.5 Å². The van der Waals surface area contributed by atoms with Crippen LogP contribution in [-0.4, -0.2) is 33.8 Å². The summed E-state index contributed by atoms with van der Waals surface area (Å²) in [5, 5.41) is 28.8. The van der Waals surface area contributed by atoms with Gasteiger partial charge in [-0.2, -0.15) is 5.10 Å². The molecule has 2 amide bonds. The molecule has 0 radical (unpaired) electrons. The van der Waals surface area contributed by atoms with Crippen molar-refractivity contribution in [3.63, 3.8) is 0 Å². The molecule has 0 unspecified atom stereocenters. The first kappa shape index (κ1) is 28.8. The van der Waals surface area contributed by atoms with E-state index in [1.165, 1.54) is 54.6 Å². The van der Waals surface area contributed by atoms with Crippen LogP contribution in [0.2, 0.25) is 0 Å². The Morgan fingerprint density at radius 3 is 2.20 bits per heavy atom. The number of rotatable bonds is 10. The molecule has 0 aliphatic carbocycles. The Morgan fingerprint density at radius 1 is 0.925 bits per heavy atom. The number of non-ortho nitro benzene ring substituents is 1. The normalized spacial score (nSPS) is 11.0. The van der Waals surface area contributed by atoms with Crippen LogP contribution in [0.1, 0.15) is 35.3 Å². The highest BCUT2D eigenvalue weighted by atomic mass is 16.6. The maximum Gasteiger partial charge on any atom is 0.336 e. The topological polar surface area (TPSA) is 183 Å². The van der Waals surface area contributed by atoms with Crippen LogP contribution in [0.15, 0.2) is 77.9 Å². The van der Waals surface area contributed by atoms with Crippen LogP contribution in [-0.2, 0) is 9.59 Å². The number of para-hydroxylation sites is 1. The highest BCUT2D eigenvalue weighted by Crippen LogP contribution is 2.30. The summed E-state index contributed by atoms with van der Waals surface area (Å²) in [5.74, 6) is -2.31. The lowest BCUT2D eigenvalue weighted by atomic mass is 10.1. The van der Waals surface area contributed by atoms with Crippen molar-refractivity contribution in [1.29, 1.82) is 0 Å². The minimum absolute atomic E-state index is 0.0401. The first-order valence-corrected chi connectivity index (χ1v) is 11.7. The van der Waals surface area contributed by atoms with E-state index >= 15 is 0 Å². The highest BCUT2D eigenvalue weighted by Gasteiger charge is 2.20. The number of hydrogen-bond donors (Lipinski definition) is 2. The van der Waals surface area contributed by atoms with Crippen molar-refractivity contribution >= 4 is 47.1 Å². The average molecular weight is 546 g/mol. The molecule has 40 heavy (non-hydrogen) atoms. The van der Waals surface area contributed by atoms with Crippen molar-refractivity contribution in [3.8, 4) is 5.75 Å². The van der Waals surface area contributed by atoms with Crippen molar-refractivity contribution in [2.75, 3.05) is 5.32 Å². The molecule has 3 rings (SSSR count). The molecule has 0 fully saturated rings. The number of benzene rings is 3.